The summed E-state index contributed by atoms with van der Waals surface area (Å²) in [5, 5.41) is 0.410. The molecule has 2 rings (SSSR count). The molecule has 1 N–H and O–H groups in total. The smallest absolute Gasteiger partial charge is 0.262 e. The molecule has 0 bridgehead atoms. The number of hydrogen-bond acceptors (Lipinski definition) is 4. The van der Waals surface area contributed by atoms with Gasteiger partial charge >= 0.3 is 0 Å². The predicted octanol–water partition coefficient (Wildman–Crippen LogP) is 4.33. The van der Waals surface area contributed by atoms with E-state index in [1.165, 1.54) is 25.3 Å². The maximum atomic E-state index is 12.5. The number of rotatable bonds is 8. The molecule has 0 aliphatic carbocycles. The Bertz CT molecular complexity index is 776. The van der Waals surface area contributed by atoms with E-state index in [0.29, 0.717) is 23.1 Å². The molecule has 0 unspecified atom stereocenters. The quantitative estimate of drug-likeness (QED) is 0.703. The van der Waals surface area contributed by atoms with Gasteiger partial charge in [0, 0.05) is 5.02 Å². The van der Waals surface area contributed by atoms with Crippen molar-refractivity contribution in [2.75, 3.05) is 18.4 Å². The summed E-state index contributed by atoms with van der Waals surface area (Å²) in [6.45, 7) is 2.69. The van der Waals surface area contributed by atoms with Crippen molar-refractivity contribution in [1.29, 1.82) is 0 Å². The second-order valence-electron chi connectivity index (χ2n) is 5.12. The third kappa shape index (κ3) is 4.79. The lowest BCUT2D eigenvalue weighted by atomic mass is 10.3. The van der Waals surface area contributed by atoms with Crippen LogP contribution in [0.3, 0.4) is 0 Å². The predicted molar refractivity (Wildman–Crippen MR) is 95.7 cm³/mol. The molecule has 2 aromatic carbocycles. The Hall–Kier alpha value is -1.92. The molecule has 2 aromatic rings. The molecule has 0 spiro atoms. The maximum Gasteiger partial charge on any atom is 0.262 e. The van der Waals surface area contributed by atoms with Crippen molar-refractivity contribution >= 4 is 27.3 Å². The lowest BCUT2D eigenvalue weighted by molar-refractivity contribution is 0.309. The lowest BCUT2D eigenvalue weighted by Gasteiger charge is -2.12. The molecule has 0 aliphatic rings. The van der Waals surface area contributed by atoms with Gasteiger partial charge in [-0.15, -0.1) is 0 Å². The van der Waals surface area contributed by atoms with Crippen molar-refractivity contribution in [1.82, 2.24) is 0 Å². The van der Waals surface area contributed by atoms with Crippen LogP contribution in [0.25, 0.3) is 0 Å². The lowest BCUT2D eigenvalue weighted by Crippen LogP contribution is -2.13. The van der Waals surface area contributed by atoms with Crippen molar-refractivity contribution in [3.05, 3.63) is 47.5 Å². The van der Waals surface area contributed by atoms with E-state index in [0.717, 1.165) is 12.8 Å². The Morgan fingerprint density at radius 3 is 2.46 bits per heavy atom. The van der Waals surface area contributed by atoms with Crippen LogP contribution in [0.5, 0.6) is 11.5 Å². The Morgan fingerprint density at radius 2 is 1.83 bits per heavy atom. The molecule has 24 heavy (non-hydrogen) atoms. The number of unbranched alkanes of at least 4 members (excludes halogenated alkanes) is 1. The van der Waals surface area contributed by atoms with Gasteiger partial charge in [0.25, 0.3) is 10.0 Å². The monoisotopic (exact) mass is 369 g/mol. The number of sulfonamides is 1. The molecule has 5 nitrogen and oxygen atoms in total. The second-order valence-corrected chi connectivity index (χ2v) is 7.24. The van der Waals surface area contributed by atoms with E-state index >= 15 is 0 Å². The molecule has 0 aromatic heterocycles. The van der Waals surface area contributed by atoms with E-state index in [1.54, 1.807) is 24.3 Å². The highest BCUT2D eigenvalue weighted by atomic mass is 35.5. The number of methoxy groups -OCH3 is 1. The standard InChI is InChI=1S/C17H20ClNO4S/c1-3-4-11-23-14-6-8-15(9-7-14)24(20,21)19-16-12-13(18)5-10-17(16)22-2/h5-10,12,19H,3-4,11H2,1-2H3. The number of ether oxygens (including phenoxy) is 2. The van der Waals surface area contributed by atoms with Crippen LogP contribution in [-0.2, 0) is 10.0 Å². The Kier molecular flexibility index (Phi) is 6.34. The van der Waals surface area contributed by atoms with Gasteiger partial charge in [0.05, 0.1) is 24.3 Å². The highest BCUT2D eigenvalue weighted by Crippen LogP contribution is 2.30. The van der Waals surface area contributed by atoms with Gasteiger partial charge < -0.3 is 9.47 Å². The van der Waals surface area contributed by atoms with Crippen molar-refractivity contribution in [2.24, 2.45) is 0 Å². The fourth-order valence-corrected chi connectivity index (χ4v) is 3.25. The molecule has 0 saturated heterocycles. The van der Waals surface area contributed by atoms with Crippen LogP contribution in [0.15, 0.2) is 47.4 Å². The minimum Gasteiger partial charge on any atom is -0.495 e. The molecule has 0 saturated carbocycles. The van der Waals surface area contributed by atoms with Crippen molar-refractivity contribution in [2.45, 2.75) is 24.7 Å². The second kappa shape index (κ2) is 8.26. The van der Waals surface area contributed by atoms with Crippen molar-refractivity contribution < 1.29 is 17.9 Å². The van der Waals surface area contributed by atoms with Crippen molar-refractivity contribution in [3.63, 3.8) is 0 Å². The third-order valence-electron chi connectivity index (χ3n) is 3.31. The number of anilines is 1. The summed E-state index contributed by atoms with van der Waals surface area (Å²) >= 11 is 5.92. The van der Waals surface area contributed by atoms with Gasteiger partial charge in [-0.3, -0.25) is 4.72 Å². The summed E-state index contributed by atoms with van der Waals surface area (Å²) in [7, 11) is -2.29. The van der Waals surface area contributed by atoms with E-state index in [1.807, 2.05) is 0 Å². The van der Waals surface area contributed by atoms with Gasteiger partial charge in [0.15, 0.2) is 0 Å². The van der Waals surface area contributed by atoms with Crippen molar-refractivity contribution in [3.8, 4) is 11.5 Å². The minimum absolute atomic E-state index is 0.132. The molecule has 0 fully saturated rings. The van der Waals surface area contributed by atoms with Crippen LogP contribution in [-0.4, -0.2) is 22.1 Å². The summed E-state index contributed by atoms with van der Waals surface area (Å²) in [4.78, 5) is 0.132. The normalized spacial score (nSPS) is 11.1. The van der Waals surface area contributed by atoms with Crippen LogP contribution in [0.2, 0.25) is 5.02 Å². The molecule has 0 radical (unpaired) electrons. The fraction of sp³-hybridized carbons (Fsp3) is 0.294. The molecule has 0 amide bonds. The van der Waals surface area contributed by atoms with Crippen LogP contribution in [0.4, 0.5) is 5.69 Å². The van der Waals surface area contributed by atoms with Gasteiger partial charge in [-0.05, 0) is 48.9 Å². The zero-order valence-corrected chi connectivity index (χ0v) is 15.2. The SMILES string of the molecule is CCCCOc1ccc(S(=O)(=O)Nc2cc(Cl)ccc2OC)cc1. The average Bonchev–Trinajstić information content (AvgIpc) is 2.55. The van der Waals surface area contributed by atoms with E-state index in [-0.39, 0.29) is 10.6 Å². The zero-order valence-electron chi connectivity index (χ0n) is 13.6. The van der Waals surface area contributed by atoms with E-state index in [9.17, 15) is 8.42 Å². The Balaban J connectivity index is 2.17. The first-order valence-corrected chi connectivity index (χ1v) is 9.41. The first-order valence-electron chi connectivity index (χ1n) is 7.55. The summed E-state index contributed by atoms with van der Waals surface area (Å²) in [5.41, 5.74) is 0.285. The van der Waals surface area contributed by atoms with E-state index in [4.69, 9.17) is 21.1 Å². The van der Waals surface area contributed by atoms with Crippen LogP contribution in [0.1, 0.15) is 19.8 Å². The first kappa shape index (κ1) is 18.4. The van der Waals surface area contributed by atoms with Gasteiger partial charge in [-0.1, -0.05) is 24.9 Å². The molecule has 0 heterocycles. The molecule has 0 atom stereocenters. The molecule has 130 valence electrons. The number of nitrogens with one attached hydrogen (secondary N) is 1. The van der Waals surface area contributed by atoms with Crippen LogP contribution in [0, 0.1) is 0 Å². The maximum absolute atomic E-state index is 12.5. The number of halogens is 1. The van der Waals surface area contributed by atoms with E-state index < -0.39 is 10.0 Å². The number of hydrogen-bond donors (Lipinski definition) is 1. The third-order valence-corrected chi connectivity index (χ3v) is 4.92. The highest BCUT2D eigenvalue weighted by molar-refractivity contribution is 7.92. The summed E-state index contributed by atoms with van der Waals surface area (Å²) in [6, 6.07) is 11.0. The summed E-state index contributed by atoms with van der Waals surface area (Å²) in [6.07, 6.45) is 1.99. The summed E-state index contributed by atoms with van der Waals surface area (Å²) < 4.78 is 38.2. The average molecular weight is 370 g/mol. The molecular formula is C17H20ClNO4S. The molecular weight excluding hydrogens is 350 g/mol. The Labute approximate surface area is 147 Å². The van der Waals surface area contributed by atoms with Crippen LogP contribution < -0.4 is 14.2 Å². The highest BCUT2D eigenvalue weighted by Gasteiger charge is 2.17. The van der Waals surface area contributed by atoms with Gasteiger partial charge in [-0.25, -0.2) is 8.42 Å². The first-order chi connectivity index (χ1) is 11.5. The van der Waals surface area contributed by atoms with Crippen LogP contribution >= 0.6 is 11.6 Å². The van der Waals surface area contributed by atoms with Gasteiger partial charge in [-0.2, -0.15) is 0 Å². The van der Waals surface area contributed by atoms with Gasteiger partial charge in [0.1, 0.15) is 11.5 Å². The topological polar surface area (TPSA) is 64.6 Å². The number of benzene rings is 2. The molecule has 0 aliphatic heterocycles. The molecule has 7 heteroatoms. The minimum atomic E-state index is -3.75. The van der Waals surface area contributed by atoms with E-state index in [2.05, 4.69) is 11.6 Å². The fourth-order valence-electron chi connectivity index (χ4n) is 2.01. The van der Waals surface area contributed by atoms with Gasteiger partial charge in [0.2, 0.25) is 0 Å². The zero-order chi connectivity index (χ0) is 17.6. The largest absolute Gasteiger partial charge is 0.495 e. The summed E-state index contributed by atoms with van der Waals surface area (Å²) in [5.74, 6) is 1.03. The Morgan fingerprint density at radius 1 is 1.12 bits per heavy atom.